The van der Waals surface area contributed by atoms with E-state index in [1.165, 1.54) is 51.7 Å². The summed E-state index contributed by atoms with van der Waals surface area (Å²) in [6, 6.07) is 13.3. The number of piperidine rings is 1. The molecular weight excluding hydrogens is 625 g/mol. The van der Waals surface area contributed by atoms with Crippen molar-refractivity contribution < 1.29 is 22.7 Å². The lowest BCUT2D eigenvalue weighted by atomic mass is 10.2. The Hall–Kier alpha value is -3.86. The number of aryl methyl sites for hydroxylation is 1. The summed E-state index contributed by atoms with van der Waals surface area (Å²) in [7, 11) is -3.59. The van der Waals surface area contributed by atoms with Crippen LogP contribution in [0.3, 0.4) is 0 Å². The summed E-state index contributed by atoms with van der Waals surface area (Å²) >= 11 is 2.47. The van der Waals surface area contributed by atoms with Crippen LogP contribution in [0.5, 0.6) is 5.75 Å². The summed E-state index contributed by atoms with van der Waals surface area (Å²) in [6.07, 6.45) is 2.72. The predicted octanol–water partition coefficient (Wildman–Crippen LogP) is 3.66. The van der Waals surface area contributed by atoms with Crippen LogP contribution >= 0.6 is 23.1 Å². The smallest absolute Gasteiger partial charge is 0.251 e. The second kappa shape index (κ2) is 14.3. The van der Waals surface area contributed by atoms with E-state index in [0.29, 0.717) is 47.1 Å². The lowest BCUT2D eigenvalue weighted by Gasteiger charge is -2.25. The molecule has 1 fully saturated rings. The zero-order valence-corrected chi connectivity index (χ0v) is 26.7. The number of carbonyl (C=O) groups is 2. The number of anilines is 1. The van der Waals surface area contributed by atoms with Crippen LogP contribution in [0.1, 0.15) is 47.4 Å². The van der Waals surface area contributed by atoms with Gasteiger partial charge in [-0.3, -0.25) is 19.5 Å². The predicted molar refractivity (Wildman–Crippen MR) is 167 cm³/mol. The summed E-state index contributed by atoms with van der Waals surface area (Å²) in [6.45, 7) is 5.28. The molecule has 2 aromatic carbocycles. The molecule has 0 atom stereocenters. The third-order valence-corrected chi connectivity index (χ3v) is 10.3. The van der Waals surface area contributed by atoms with Crippen LogP contribution in [0.2, 0.25) is 0 Å². The zero-order chi connectivity index (χ0) is 31.1. The number of ether oxygens (including phenoxy) is 1. The molecule has 2 amide bonds. The number of benzene rings is 2. The first-order valence-corrected chi connectivity index (χ1v) is 17.3. The van der Waals surface area contributed by atoms with E-state index in [9.17, 15) is 18.0 Å². The van der Waals surface area contributed by atoms with E-state index in [0.717, 1.165) is 30.0 Å². The van der Waals surface area contributed by atoms with Crippen molar-refractivity contribution in [1.29, 1.82) is 0 Å². The number of nitrogens with one attached hydrogen (secondary N) is 2. The van der Waals surface area contributed by atoms with Gasteiger partial charge in [-0.25, -0.2) is 8.42 Å². The van der Waals surface area contributed by atoms with Gasteiger partial charge < -0.3 is 10.1 Å². The van der Waals surface area contributed by atoms with E-state index in [-0.39, 0.29) is 23.1 Å². The Kier molecular flexibility index (Phi) is 10.2. The van der Waals surface area contributed by atoms with Gasteiger partial charge in [0.1, 0.15) is 10.8 Å². The molecule has 2 aromatic heterocycles. The first kappa shape index (κ1) is 31.6. The van der Waals surface area contributed by atoms with E-state index in [1.54, 1.807) is 11.5 Å². The minimum Gasteiger partial charge on any atom is -0.494 e. The number of aromatic nitrogens is 5. The van der Waals surface area contributed by atoms with E-state index in [1.807, 2.05) is 31.2 Å². The number of carbonyl (C=O) groups excluding carboxylic acids is 2. The SMILES string of the molecule is CCOc1ccc(-n2c(CNC(=O)c3ccc(S(=O)(=O)N4CCCCC4)cc3)nnc2SCC(=O)Nc2nnc(C)s2)cc1. The molecule has 0 saturated carbocycles. The molecule has 0 radical (unpaired) electrons. The van der Waals surface area contributed by atoms with Crippen molar-refractivity contribution in [3.8, 4) is 11.4 Å². The van der Waals surface area contributed by atoms with E-state index in [4.69, 9.17) is 4.74 Å². The molecule has 1 saturated heterocycles. The van der Waals surface area contributed by atoms with Crippen LogP contribution in [0.25, 0.3) is 5.69 Å². The topological polar surface area (TPSA) is 161 Å². The normalized spacial score (nSPS) is 13.9. The Labute approximate surface area is 263 Å². The molecule has 0 bridgehead atoms. The van der Waals surface area contributed by atoms with Gasteiger partial charge in [0.2, 0.25) is 21.1 Å². The maximum Gasteiger partial charge on any atom is 0.251 e. The highest BCUT2D eigenvalue weighted by molar-refractivity contribution is 7.99. The van der Waals surface area contributed by atoms with Crippen molar-refractivity contribution in [3.63, 3.8) is 0 Å². The van der Waals surface area contributed by atoms with Crippen molar-refractivity contribution in [2.75, 3.05) is 30.8 Å². The van der Waals surface area contributed by atoms with Gasteiger partial charge in [0, 0.05) is 24.3 Å². The molecule has 232 valence electrons. The number of hydrogen-bond acceptors (Lipinski definition) is 11. The molecule has 4 aromatic rings. The molecule has 3 heterocycles. The quantitative estimate of drug-likeness (QED) is 0.215. The second-order valence-electron chi connectivity index (χ2n) is 9.80. The Morgan fingerprint density at radius 2 is 1.70 bits per heavy atom. The Morgan fingerprint density at radius 3 is 2.36 bits per heavy atom. The Bertz CT molecular complexity index is 1700. The molecular formula is C28H32N8O5S3. The molecule has 13 nitrogen and oxygen atoms in total. The molecule has 0 spiro atoms. The maximum atomic E-state index is 13.0. The average molecular weight is 657 g/mol. The molecule has 16 heteroatoms. The fraction of sp³-hybridized carbons (Fsp3) is 0.357. The highest BCUT2D eigenvalue weighted by atomic mass is 32.2. The molecule has 0 aliphatic carbocycles. The summed E-state index contributed by atoms with van der Waals surface area (Å²) in [5.41, 5.74) is 1.03. The number of amides is 2. The van der Waals surface area contributed by atoms with Crippen LogP contribution in [0.4, 0.5) is 5.13 Å². The molecule has 1 aliphatic heterocycles. The van der Waals surface area contributed by atoms with Gasteiger partial charge in [-0.15, -0.1) is 20.4 Å². The fourth-order valence-corrected chi connectivity index (χ4v) is 7.45. The number of sulfonamides is 1. The van der Waals surface area contributed by atoms with E-state index < -0.39 is 15.9 Å². The zero-order valence-electron chi connectivity index (χ0n) is 24.2. The van der Waals surface area contributed by atoms with Crippen LogP contribution in [0, 0.1) is 6.92 Å². The lowest BCUT2D eigenvalue weighted by molar-refractivity contribution is -0.113. The summed E-state index contributed by atoms with van der Waals surface area (Å²) in [5, 5.41) is 23.6. The first-order chi connectivity index (χ1) is 21.2. The van der Waals surface area contributed by atoms with Crippen LogP contribution in [-0.2, 0) is 21.4 Å². The van der Waals surface area contributed by atoms with Gasteiger partial charge in [0.15, 0.2) is 11.0 Å². The van der Waals surface area contributed by atoms with Gasteiger partial charge in [0.25, 0.3) is 5.91 Å². The van der Waals surface area contributed by atoms with Gasteiger partial charge in [-0.1, -0.05) is 29.5 Å². The molecule has 5 rings (SSSR count). The summed E-state index contributed by atoms with van der Waals surface area (Å²) in [4.78, 5) is 25.7. The van der Waals surface area contributed by atoms with Crippen LogP contribution in [0.15, 0.2) is 58.6 Å². The van der Waals surface area contributed by atoms with Gasteiger partial charge in [-0.2, -0.15) is 4.31 Å². The van der Waals surface area contributed by atoms with Crippen molar-refractivity contribution in [2.45, 2.75) is 49.7 Å². The number of thioether (sulfide) groups is 1. The number of hydrogen-bond donors (Lipinski definition) is 2. The highest BCUT2D eigenvalue weighted by Gasteiger charge is 2.26. The molecule has 44 heavy (non-hydrogen) atoms. The van der Waals surface area contributed by atoms with E-state index >= 15 is 0 Å². The van der Waals surface area contributed by atoms with Crippen LogP contribution < -0.4 is 15.4 Å². The third kappa shape index (κ3) is 7.61. The standard InChI is InChI=1S/C28H32N8O5S3/c1-3-41-22-11-9-21(10-12-22)36-24(32-34-28(36)42-18-25(37)30-27-33-31-19(2)43-27)17-29-26(38)20-7-13-23(14-8-20)44(39,40)35-15-5-4-6-16-35/h7-14H,3-6,15-18H2,1-2H3,(H,29,38)(H,30,33,37). The van der Waals surface area contributed by atoms with Crippen molar-refractivity contribution in [2.24, 2.45) is 0 Å². The third-order valence-electron chi connectivity index (χ3n) is 6.69. The highest BCUT2D eigenvalue weighted by Crippen LogP contribution is 2.25. The van der Waals surface area contributed by atoms with Gasteiger partial charge >= 0.3 is 0 Å². The Morgan fingerprint density at radius 1 is 0.977 bits per heavy atom. The fourth-order valence-electron chi connectivity index (χ4n) is 4.55. The summed E-state index contributed by atoms with van der Waals surface area (Å²) < 4.78 is 34.8. The first-order valence-electron chi connectivity index (χ1n) is 14.0. The second-order valence-corrected chi connectivity index (χ2v) is 13.9. The largest absolute Gasteiger partial charge is 0.494 e. The minimum atomic E-state index is -3.59. The van der Waals surface area contributed by atoms with Crippen LogP contribution in [-0.4, -0.2) is 74.9 Å². The number of nitrogens with zero attached hydrogens (tertiary/aromatic N) is 6. The molecule has 2 N–H and O–H groups in total. The van der Waals surface area contributed by atoms with Gasteiger partial charge in [-0.05, 0) is 75.2 Å². The lowest BCUT2D eigenvalue weighted by Crippen LogP contribution is -2.35. The molecule has 1 aliphatic rings. The summed E-state index contributed by atoms with van der Waals surface area (Å²) in [5.74, 6) is 0.523. The Balaban J connectivity index is 1.29. The molecule has 0 unspecified atom stereocenters. The van der Waals surface area contributed by atoms with Crippen molar-refractivity contribution in [1.82, 2.24) is 34.6 Å². The van der Waals surface area contributed by atoms with Gasteiger partial charge in [0.05, 0.1) is 23.8 Å². The van der Waals surface area contributed by atoms with Crippen molar-refractivity contribution >= 4 is 50.1 Å². The maximum absolute atomic E-state index is 13.0. The minimum absolute atomic E-state index is 0.0314. The number of rotatable bonds is 12. The van der Waals surface area contributed by atoms with E-state index in [2.05, 4.69) is 31.0 Å². The van der Waals surface area contributed by atoms with Crippen molar-refractivity contribution in [3.05, 3.63) is 64.9 Å². The average Bonchev–Trinajstić information content (AvgIpc) is 3.65. The monoisotopic (exact) mass is 656 g/mol.